The van der Waals surface area contributed by atoms with Crippen LogP contribution in [-0.2, 0) is 0 Å². The molecule has 0 spiro atoms. The highest BCUT2D eigenvalue weighted by atomic mass is 35.5. The van der Waals surface area contributed by atoms with Crippen LogP contribution in [0.2, 0.25) is 0 Å². The highest BCUT2D eigenvalue weighted by Gasteiger charge is 2.25. The Morgan fingerprint density at radius 1 is 1.28 bits per heavy atom. The van der Waals surface area contributed by atoms with E-state index < -0.39 is 0 Å². The van der Waals surface area contributed by atoms with Crippen molar-refractivity contribution in [3.63, 3.8) is 0 Å². The van der Waals surface area contributed by atoms with E-state index in [0.717, 1.165) is 30.0 Å². The first-order valence-electron chi connectivity index (χ1n) is 6.38. The second-order valence-electron chi connectivity index (χ2n) is 4.68. The van der Waals surface area contributed by atoms with E-state index in [9.17, 15) is 0 Å². The fourth-order valence-corrected chi connectivity index (χ4v) is 3.28. The Kier molecular flexibility index (Phi) is 4.46. The number of para-hydroxylation sites is 1. The number of hydrogen-bond acceptors (Lipinski definition) is 3. The van der Waals surface area contributed by atoms with Crippen molar-refractivity contribution < 1.29 is 0 Å². The van der Waals surface area contributed by atoms with Crippen molar-refractivity contribution in [2.24, 2.45) is 5.41 Å². The van der Waals surface area contributed by atoms with E-state index in [0.29, 0.717) is 5.88 Å². The first-order valence-corrected chi connectivity index (χ1v) is 7.73. The number of halogens is 1. The Balaban J connectivity index is 2.09. The number of alkyl halides is 1. The zero-order chi connectivity index (χ0) is 13.0. The van der Waals surface area contributed by atoms with Gasteiger partial charge in [-0.15, -0.1) is 11.6 Å². The summed E-state index contributed by atoms with van der Waals surface area (Å²) in [5, 5.41) is 4.44. The lowest BCUT2D eigenvalue weighted by atomic mass is 9.84. The number of nitrogens with one attached hydrogen (secondary N) is 1. The molecule has 18 heavy (non-hydrogen) atoms. The summed E-state index contributed by atoms with van der Waals surface area (Å²) in [5.41, 5.74) is 1.24. The fourth-order valence-electron chi connectivity index (χ4n) is 1.95. The third-order valence-electron chi connectivity index (χ3n) is 3.69. The first-order chi connectivity index (χ1) is 8.73. The molecule has 0 atom stereocenters. The molecule has 1 heterocycles. The highest BCUT2D eigenvalue weighted by Crippen LogP contribution is 2.30. The number of nitrogens with zero attached hydrogens (tertiary/aromatic N) is 1. The van der Waals surface area contributed by atoms with Gasteiger partial charge in [-0.2, -0.15) is 0 Å². The Morgan fingerprint density at radius 3 is 2.61 bits per heavy atom. The predicted octanol–water partition coefficient (Wildman–Crippen LogP) is 4.75. The van der Waals surface area contributed by atoms with Crippen LogP contribution < -0.4 is 5.32 Å². The molecule has 1 N–H and O–H groups in total. The van der Waals surface area contributed by atoms with Gasteiger partial charge in [0, 0.05) is 17.8 Å². The standard InChI is InChI=1S/C14H19ClN2S/c1-3-14(4-2,9-15)10-16-13-17-11-7-5-6-8-12(11)18-13/h5-8H,3-4,9-10H2,1-2H3,(H,16,17). The topological polar surface area (TPSA) is 24.9 Å². The number of hydrogen-bond donors (Lipinski definition) is 1. The van der Waals surface area contributed by atoms with Gasteiger partial charge in [0.05, 0.1) is 10.2 Å². The van der Waals surface area contributed by atoms with Gasteiger partial charge in [0.25, 0.3) is 0 Å². The summed E-state index contributed by atoms with van der Waals surface area (Å²) >= 11 is 7.82. The smallest absolute Gasteiger partial charge is 0.183 e. The largest absolute Gasteiger partial charge is 0.361 e. The third-order valence-corrected chi connectivity index (χ3v) is 5.25. The van der Waals surface area contributed by atoms with Crippen molar-refractivity contribution in [1.29, 1.82) is 0 Å². The van der Waals surface area contributed by atoms with Gasteiger partial charge < -0.3 is 5.32 Å². The molecular weight excluding hydrogens is 264 g/mol. The molecule has 0 aliphatic rings. The SMILES string of the molecule is CCC(CC)(CCl)CNc1nc2ccccc2s1. The van der Waals surface area contributed by atoms with Crippen LogP contribution in [0.3, 0.4) is 0 Å². The Morgan fingerprint density at radius 2 is 2.00 bits per heavy atom. The molecule has 0 radical (unpaired) electrons. The molecule has 98 valence electrons. The summed E-state index contributed by atoms with van der Waals surface area (Å²) in [5.74, 6) is 0.692. The Hall–Kier alpha value is -0.800. The van der Waals surface area contributed by atoms with E-state index in [2.05, 4.69) is 30.2 Å². The van der Waals surface area contributed by atoms with Gasteiger partial charge in [-0.25, -0.2) is 4.98 Å². The molecule has 2 rings (SSSR count). The summed E-state index contributed by atoms with van der Waals surface area (Å²) in [6.07, 6.45) is 2.18. The highest BCUT2D eigenvalue weighted by molar-refractivity contribution is 7.22. The molecule has 0 aliphatic carbocycles. The van der Waals surface area contributed by atoms with Crippen LogP contribution >= 0.6 is 22.9 Å². The normalized spacial score (nSPS) is 11.9. The summed E-state index contributed by atoms with van der Waals surface area (Å²) in [6.45, 7) is 5.29. The van der Waals surface area contributed by atoms with Gasteiger partial charge in [-0.3, -0.25) is 0 Å². The van der Waals surface area contributed by atoms with Crippen LogP contribution in [0.25, 0.3) is 10.2 Å². The van der Waals surface area contributed by atoms with Gasteiger partial charge in [-0.05, 0) is 25.0 Å². The Labute approximate surface area is 117 Å². The predicted molar refractivity (Wildman–Crippen MR) is 81.8 cm³/mol. The van der Waals surface area contributed by atoms with E-state index in [1.54, 1.807) is 11.3 Å². The summed E-state index contributed by atoms with van der Waals surface area (Å²) < 4.78 is 1.23. The minimum atomic E-state index is 0.180. The lowest BCUT2D eigenvalue weighted by molar-refractivity contribution is 0.327. The molecule has 0 fully saturated rings. The molecule has 0 unspecified atom stereocenters. The second kappa shape index (κ2) is 5.89. The summed E-state index contributed by atoms with van der Waals surface area (Å²) in [6, 6.07) is 8.22. The van der Waals surface area contributed by atoms with Crippen molar-refractivity contribution >= 4 is 38.3 Å². The Bertz CT molecular complexity index is 464. The molecule has 0 saturated heterocycles. The van der Waals surface area contributed by atoms with Gasteiger partial charge >= 0.3 is 0 Å². The molecule has 2 nitrogen and oxygen atoms in total. The molecule has 0 aliphatic heterocycles. The maximum absolute atomic E-state index is 6.11. The minimum absolute atomic E-state index is 0.180. The maximum Gasteiger partial charge on any atom is 0.183 e. The van der Waals surface area contributed by atoms with Crippen LogP contribution in [0.5, 0.6) is 0 Å². The van der Waals surface area contributed by atoms with Gasteiger partial charge in [-0.1, -0.05) is 37.3 Å². The second-order valence-corrected chi connectivity index (χ2v) is 5.98. The summed E-state index contributed by atoms with van der Waals surface area (Å²) in [4.78, 5) is 4.58. The number of benzene rings is 1. The maximum atomic E-state index is 6.11. The van der Waals surface area contributed by atoms with Crippen LogP contribution in [0, 0.1) is 5.41 Å². The lowest BCUT2D eigenvalue weighted by Crippen LogP contribution is -2.30. The minimum Gasteiger partial charge on any atom is -0.361 e. The molecular formula is C14H19ClN2S. The number of aromatic nitrogens is 1. The number of thiazole rings is 1. The molecule has 2 aromatic rings. The van der Waals surface area contributed by atoms with Crippen LogP contribution in [0.1, 0.15) is 26.7 Å². The van der Waals surface area contributed by atoms with Gasteiger partial charge in [0.15, 0.2) is 5.13 Å². The molecule has 0 saturated carbocycles. The molecule has 1 aromatic heterocycles. The number of fused-ring (bicyclic) bond motifs is 1. The molecule has 4 heteroatoms. The number of anilines is 1. The molecule has 0 bridgehead atoms. The lowest BCUT2D eigenvalue weighted by Gasteiger charge is -2.29. The monoisotopic (exact) mass is 282 g/mol. The van der Waals surface area contributed by atoms with E-state index in [1.165, 1.54) is 4.70 Å². The average molecular weight is 283 g/mol. The number of rotatable bonds is 6. The summed E-state index contributed by atoms with van der Waals surface area (Å²) in [7, 11) is 0. The fraction of sp³-hybridized carbons (Fsp3) is 0.500. The first kappa shape index (κ1) is 13.6. The van der Waals surface area contributed by atoms with Gasteiger partial charge in [0.1, 0.15) is 0 Å². The van der Waals surface area contributed by atoms with Crippen molar-refractivity contribution in [2.45, 2.75) is 26.7 Å². The zero-order valence-corrected chi connectivity index (χ0v) is 12.4. The van der Waals surface area contributed by atoms with E-state index in [1.807, 2.05) is 18.2 Å². The van der Waals surface area contributed by atoms with Crippen molar-refractivity contribution in [3.05, 3.63) is 24.3 Å². The molecule has 1 aromatic carbocycles. The van der Waals surface area contributed by atoms with Crippen molar-refractivity contribution in [1.82, 2.24) is 4.98 Å². The zero-order valence-electron chi connectivity index (χ0n) is 10.9. The van der Waals surface area contributed by atoms with E-state index >= 15 is 0 Å². The average Bonchev–Trinajstić information content (AvgIpc) is 2.84. The molecule has 0 amide bonds. The van der Waals surface area contributed by atoms with Crippen LogP contribution in [0.15, 0.2) is 24.3 Å². The van der Waals surface area contributed by atoms with Crippen molar-refractivity contribution in [3.8, 4) is 0 Å². The quantitative estimate of drug-likeness (QED) is 0.773. The third kappa shape index (κ3) is 2.78. The van der Waals surface area contributed by atoms with Crippen LogP contribution in [-0.4, -0.2) is 17.4 Å². The van der Waals surface area contributed by atoms with Crippen LogP contribution in [0.4, 0.5) is 5.13 Å². The van der Waals surface area contributed by atoms with Gasteiger partial charge in [0.2, 0.25) is 0 Å². The van der Waals surface area contributed by atoms with Crippen molar-refractivity contribution in [2.75, 3.05) is 17.7 Å². The van der Waals surface area contributed by atoms with E-state index in [-0.39, 0.29) is 5.41 Å². The van der Waals surface area contributed by atoms with E-state index in [4.69, 9.17) is 11.6 Å².